The summed E-state index contributed by atoms with van der Waals surface area (Å²) in [7, 11) is 0. The Balaban J connectivity index is 1.47. The van der Waals surface area contributed by atoms with Gasteiger partial charge in [-0.25, -0.2) is 0 Å². The second-order valence-corrected chi connectivity index (χ2v) is 6.92. The van der Waals surface area contributed by atoms with Crippen LogP contribution in [0.4, 0.5) is 0 Å². The van der Waals surface area contributed by atoms with Crippen LogP contribution in [0.25, 0.3) is 0 Å². The number of aliphatic hydroxyl groups is 1. The summed E-state index contributed by atoms with van der Waals surface area (Å²) in [6.45, 7) is 0.800. The molecule has 1 aromatic rings. The second-order valence-electron chi connectivity index (χ2n) is 6.92. The molecule has 1 atom stereocenters. The summed E-state index contributed by atoms with van der Waals surface area (Å²) < 4.78 is 5.53. The standard InChI is InChI=1S/C20H26N2O4/c23-18(21-12-10-15-6-2-1-3-7-15)19(24)22-14-20(25)11-13-26-17-9-5-4-8-16(17)20/h4-6,8-9,25H,1-3,7,10-14H2,(H,21,23)(H,22,24)/t20-/m0/s1. The molecule has 0 saturated heterocycles. The Morgan fingerprint density at radius 3 is 2.77 bits per heavy atom. The van der Waals surface area contributed by atoms with E-state index >= 15 is 0 Å². The SMILES string of the molecule is O=C(NCCC1=CCCCC1)C(=O)NC[C@@]1(O)CCOc2ccccc21. The maximum atomic E-state index is 12.0. The van der Waals surface area contributed by atoms with Gasteiger partial charge in [0.2, 0.25) is 0 Å². The lowest BCUT2D eigenvalue weighted by Crippen LogP contribution is -2.48. The van der Waals surface area contributed by atoms with Crippen LogP contribution >= 0.6 is 0 Å². The van der Waals surface area contributed by atoms with Gasteiger partial charge in [0.1, 0.15) is 11.4 Å². The van der Waals surface area contributed by atoms with Gasteiger partial charge in [0.25, 0.3) is 0 Å². The van der Waals surface area contributed by atoms with Crippen LogP contribution < -0.4 is 15.4 Å². The van der Waals surface area contributed by atoms with E-state index in [0.717, 1.165) is 19.3 Å². The molecule has 1 aliphatic carbocycles. The van der Waals surface area contributed by atoms with Crippen LogP contribution in [0.1, 0.15) is 44.1 Å². The lowest BCUT2D eigenvalue weighted by Gasteiger charge is -2.34. The van der Waals surface area contributed by atoms with Crippen molar-refractivity contribution in [2.24, 2.45) is 0 Å². The monoisotopic (exact) mass is 358 g/mol. The molecular formula is C20H26N2O4. The molecule has 140 valence electrons. The molecule has 0 spiro atoms. The van der Waals surface area contributed by atoms with Gasteiger partial charge in [-0.2, -0.15) is 0 Å². The molecular weight excluding hydrogens is 332 g/mol. The van der Waals surface area contributed by atoms with E-state index in [-0.39, 0.29) is 6.54 Å². The molecule has 0 unspecified atom stereocenters. The third-order valence-corrected chi connectivity index (χ3v) is 5.03. The summed E-state index contributed by atoms with van der Waals surface area (Å²) in [5.74, 6) is -0.772. The van der Waals surface area contributed by atoms with Gasteiger partial charge in [-0.3, -0.25) is 9.59 Å². The number of ether oxygens (including phenoxy) is 1. The molecule has 1 aromatic carbocycles. The minimum atomic E-state index is -1.22. The normalized spacial score (nSPS) is 21.8. The van der Waals surface area contributed by atoms with E-state index in [9.17, 15) is 14.7 Å². The number of rotatable bonds is 5. The number of amides is 2. The van der Waals surface area contributed by atoms with Crippen LogP contribution in [0.3, 0.4) is 0 Å². The third-order valence-electron chi connectivity index (χ3n) is 5.03. The summed E-state index contributed by atoms with van der Waals surface area (Å²) in [4.78, 5) is 24.0. The highest BCUT2D eigenvalue weighted by Crippen LogP contribution is 2.36. The highest BCUT2D eigenvalue weighted by Gasteiger charge is 2.36. The molecule has 6 nitrogen and oxygen atoms in total. The largest absolute Gasteiger partial charge is 0.493 e. The van der Waals surface area contributed by atoms with E-state index < -0.39 is 17.4 Å². The fourth-order valence-electron chi connectivity index (χ4n) is 3.48. The fraction of sp³-hybridized carbons (Fsp3) is 0.500. The number of benzene rings is 1. The second kappa shape index (κ2) is 8.36. The number of fused-ring (bicyclic) bond motifs is 1. The Morgan fingerprint density at radius 2 is 1.96 bits per heavy atom. The number of para-hydroxylation sites is 1. The van der Waals surface area contributed by atoms with Crippen molar-refractivity contribution in [3.05, 3.63) is 41.5 Å². The first-order valence-electron chi connectivity index (χ1n) is 9.27. The van der Waals surface area contributed by atoms with Crippen molar-refractivity contribution in [3.63, 3.8) is 0 Å². The van der Waals surface area contributed by atoms with Crippen molar-refractivity contribution < 1.29 is 19.4 Å². The van der Waals surface area contributed by atoms with Crippen LogP contribution in [0.5, 0.6) is 5.75 Å². The van der Waals surface area contributed by atoms with Gasteiger partial charge in [-0.1, -0.05) is 29.8 Å². The Hall–Kier alpha value is -2.34. The van der Waals surface area contributed by atoms with Crippen LogP contribution in [0.15, 0.2) is 35.9 Å². The highest BCUT2D eigenvalue weighted by molar-refractivity contribution is 6.35. The Bertz CT molecular complexity index is 701. The number of carbonyl (C=O) groups is 2. The zero-order valence-corrected chi connectivity index (χ0v) is 14.9. The number of nitrogens with one attached hydrogen (secondary N) is 2. The summed E-state index contributed by atoms with van der Waals surface area (Å²) in [5, 5.41) is 16.1. The van der Waals surface area contributed by atoms with Gasteiger partial charge in [-0.15, -0.1) is 0 Å². The molecule has 2 aliphatic rings. The Kier molecular flexibility index (Phi) is 5.93. The third kappa shape index (κ3) is 4.43. The Morgan fingerprint density at radius 1 is 1.15 bits per heavy atom. The van der Waals surface area contributed by atoms with Gasteiger partial charge in [0, 0.05) is 18.5 Å². The van der Waals surface area contributed by atoms with Crippen LogP contribution in [-0.4, -0.2) is 36.6 Å². The summed E-state index contributed by atoms with van der Waals surface area (Å²) >= 11 is 0. The van der Waals surface area contributed by atoms with Crippen molar-refractivity contribution >= 4 is 11.8 Å². The van der Waals surface area contributed by atoms with Crippen LogP contribution in [-0.2, 0) is 15.2 Å². The molecule has 0 saturated carbocycles. The summed E-state index contributed by atoms with van der Waals surface area (Å²) in [6, 6.07) is 7.21. The number of carbonyl (C=O) groups excluding carboxylic acids is 2. The first kappa shape index (κ1) is 18.5. The van der Waals surface area contributed by atoms with Crippen molar-refractivity contribution in [2.45, 2.75) is 44.1 Å². The first-order chi connectivity index (χ1) is 12.6. The van der Waals surface area contributed by atoms with Gasteiger partial charge in [-0.05, 0) is 38.2 Å². The van der Waals surface area contributed by atoms with Crippen molar-refractivity contribution in [3.8, 4) is 5.75 Å². The molecule has 3 rings (SSSR count). The number of hydrogen-bond acceptors (Lipinski definition) is 4. The van der Waals surface area contributed by atoms with E-state index in [1.54, 1.807) is 12.1 Å². The predicted octanol–water partition coefficient (Wildman–Crippen LogP) is 1.78. The zero-order chi connectivity index (χ0) is 18.4. The molecule has 1 aliphatic heterocycles. The maximum absolute atomic E-state index is 12.0. The highest BCUT2D eigenvalue weighted by atomic mass is 16.5. The minimum absolute atomic E-state index is 0.0230. The van der Waals surface area contributed by atoms with Gasteiger partial charge < -0.3 is 20.5 Å². The topological polar surface area (TPSA) is 87.7 Å². The van der Waals surface area contributed by atoms with Gasteiger partial charge in [0.05, 0.1) is 13.2 Å². The maximum Gasteiger partial charge on any atom is 0.309 e. The van der Waals surface area contributed by atoms with E-state index in [1.807, 2.05) is 12.1 Å². The Labute approximate surface area is 153 Å². The van der Waals surface area contributed by atoms with Crippen LogP contribution in [0.2, 0.25) is 0 Å². The van der Waals surface area contributed by atoms with E-state index in [0.29, 0.717) is 30.9 Å². The average molecular weight is 358 g/mol. The predicted molar refractivity (Wildman–Crippen MR) is 97.6 cm³/mol. The van der Waals surface area contributed by atoms with E-state index in [4.69, 9.17) is 4.74 Å². The molecule has 3 N–H and O–H groups in total. The molecule has 0 aromatic heterocycles. The quantitative estimate of drug-likeness (QED) is 0.553. The molecule has 6 heteroatoms. The van der Waals surface area contributed by atoms with Crippen molar-refractivity contribution in [1.29, 1.82) is 0 Å². The zero-order valence-electron chi connectivity index (χ0n) is 14.9. The average Bonchev–Trinajstić information content (AvgIpc) is 2.67. The fourth-order valence-corrected chi connectivity index (χ4v) is 3.48. The number of allylic oxidation sites excluding steroid dienone is 1. The lowest BCUT2D eigenvalue weighted by molar-refractivity contribution is -0.140. The first-order valence-corrected chi connectivity index (χ1v) is 9.27. The van der Waals surface area contributed by atoms with Gasteiger partial charge in [0.15, 0.2) is 0 Å². The van der Waals surface area contributed by atoms with E-state index in [1.165, 1.54) is 18.4 Å². The number of hydrogen-bond donors (Lipinski definition) is 3. The molecule has 0 bridgehead atoms. The lowest BCUT2D eigenvalue weighted by atomic mass is 9.88. The summed E-state index contributed by atoms with van der Waals surface area (Å²) in [6.07, 6.45) is 7.99. The molecule has 0 radical (unpaired) electrons. The van der Waals surface area contributed by atoms with Crippen molar-refractivity contribution in [1.82, 2.24) is 10.6 Å². The molecule has 26 heavy (non-hydrogen) atoms. The van der Waals surface area contributed by atoms with Gasteiger partial charge >= 0.3 is 11.8 Å². The summed E-state index contributed by atoms with van der Waals surface area (Å²) in [5.41, 5.74) is 0.763. The smallest absolute Gasteiger partial charge is 0.309 e. The van der Waals surface area contributed by atoms with Crippen LogP contribution in [0, 0.1) is 0 Å². The molecule has 2 amide bonds. The minimum Gasteiger partial charge on any atom is -0.493 e. The van der Waals surface area contributed by atoms with Crippen molar-refractivity contribution in [2.75, 3.05) is 19.7 Å². The molecule has 0 fully saturated rings. The van der Waals surface area contributed by atoms with E-state index in [2.05, 4.69) is 16.7 Å². The molecule has 1 heterocycles.